The Hall–Kier alpha value is -2.90. The van der Waals surface area contributed by atoms with Gasteiger partial charge in [0.25, 0.3) is 0 Å². The highest BCUT2D eigenvalue weighted by Crippen LogP contribution is 2.37. The first kappa shape index (κ1) is 18.4. The van der Waals surface area contributed by atoms with Gasteiger partial charge in [0.1, 0.15) is 6.61 Å². The fourth-order valence-corrected chi connectivity index (χ4v) is 2.30. The first-order valence-electron chi connectivity index (χ1n) is 7.46. The summed E-state index contributed by atoms with van der Waals surface area (Å²) in [5.41, 5.74) is 1.69. The number of halogens is 1. The molecule has 128 valence electrons. The second kappa shape index (κ2) is 9.41. The zero-order valence-corrected chi connectivity index (χ0v) is 14.5. The van der Waals surface area contributed by atoms with E-state index in [9.17, 15) is 4.79 Å². The molecule has 0 heterocycles. The summed E-state index contributed by atoms with van der Waals surface area (Å²) in [5.74, 6) is 2.61. The van der Waals surface area contributed by atoms with Gasteiger partial charge in [0.15, 0.2) is 18.1 Å². The quantitative estimate of drug-likeness (QED) is 0.425. The van der Waals surface area contributed by atoms with Gasteiger partial charge in [0.05, 0.1) is 12.1 Å². The number of hydrogen-bond donors (Lipinski definition) is 0. The van der Waals surface area contributed by atoms with Crippen molar-refractivity contribution >= 4 is 23.6 Å². The summed E-state index contributed by atoms with van der Waals surface area (Å²) in [6.07, 6.45) is 7.86. The number of carbonyl (C=O) groups is 1. The molecule has 0 unspecified atom stereocenters. The molecular formula is C20H17ClO4. The van der Waals surface area contributed by atoms with Gasteiger partial charge in [-0.15, -0.1) is 6.42 Å². The van der Waals surface area contributed by atoms with E-state index in [0.29, 0.717) is 28.7 Å². The Bertz CT molecular complexity index is 791. The van der Waals surface area contributed by atoms with Crippen LogP contribution in [0.2, 0.25) is 5.02 Å². The maximum atomic E-state index is 11.4. The van der Waals surface area contributed by atoms with E-state index in [1.165, 1.54) is 13.2 Å². The zero-order chi connectivity index (χ0) is 18.1. The molecule has 2 rings (SSSR count). The maximum Gasteiger partial charge on any atom is 0.331 e. The van der Waals surface area contributed by atoms with Crippen LogP contribution in [0.3, 0.4) is 0 Å². The predicted octanol–water partition coefficient (Wildman–Crippen LogP) is 4.12. The Labute approximate surface area is 152 Å². The van der Waals surface area contributed by atoms with Crippen LogP contribution in [0.4, 0.5) is 0 Å². The molecule has 4 nitrogen and oxygen atoms in total. The highest BCUT2D eigenvalue weighted by Gasteiger charge is 2.12. The first-order valence-corrected chi connectivity index (χ1v) is 7.84. The topological polar surface area (TPSA) is 44.8 Å². The minimum absolute atomic E-state index is 0.0699. The fourth-order valence-electron chi connectivity index (χ4n) is 2.03. The minimum atomic E-state index is -0.530. The smallest absolute Gasteiger partial charge is 0.331 e. The van der Waals surface area contributed by atoms with Gasteiger partial charge < -0.3 is 14.2 Å². The van der Waals surface area contributed by atoms with E-state index in [2.05, 4.69) is 5.92 Å². The van der Waals surface area contributed by atoms with Gasteiger partial charge in [0.2, 0.25) is 0 Å². The molecule has 0 N–H and O–H groups in total. The molecule has 0 fully saturated rings. The molecule has 0 saturated heterocycles. The molecule has 0 aromatic heterocycles. The first-order chi connectivity index (χ1) is 12.1. The van der Waals surface area contributed by atoms with Crippen LogP contribution in [0.15, 0.2) is 48.5 Å². The number of ether oxygens (including phenoxy) is 3. The molecule has 25 heavy (non-hydrogen) atoms. The minimum Gasteiger partial charge on any atom is -0.493 e. The van der Waals surface area contributed by atoms with Gasteiger partial charge in [-0.1, -0.05) is 47.9 Å². The molecular weight excluding hydrogens is 340 g/mol. The number of terminal acetylenes is 1. The summed E-state index contributed by atoms with van der Waals surface area (Å²) in [7, 11) is 1.52. The number of esters is 1. The standard InChI is InChI=1S/C20H17ClO4/c1-3-11-24-19(22)10-9-16-12-17(21)20(18(13-16)23-2)25-14-15-7-5-4-6-8-15/h1,4-10,12-13H,11,14H2,2H3/b10-9+. The summed E-state index contributed by atoms with van der Waals surface area (Å²) in [5, 5.41) is 0.381. The Balaban J connectivity index is 2.13. The van der Waals surface area contributed by atoms with Crippen LogP contribution in [0.25, 0.3) is 6.08 Å². The Morgan fingerprint density at radius 2 is 2.04 bits per heavy atom. The van der Waals surface area contributed by atoms with Gasteiger partial charge in [0, 0.05) is 6.08 Å². The van der Waals surface area contributed by atoms with Crippen molar-refractivity contribution in [1.82, 2.24) is 0 Å². The normalized spacial score (nSPS) is 10.3. The lowest BCUT2D eigenvalue weighted by Gasteiger charge is -2.13. The molecule has 0 bridgehead atoms. The monoisotopic (exact) mass is 356 g/mol. The predicted molar refractivity (Wildman–Crippen MR) is 97.6 cm³/mol. The summed E-state index contributed by atoms with van der Waals surface area (Å²) in [4.78, 5) is 11.4. The lowest BCUT2D eigenvalue weighted by atomic mass is 10.2. The van der Waals surface area contributed by atoms with Crippen LogP contribution in [-0.2, 0) is 16.1 Å². The summed E-state index contributed by atoms with van der Waals surface area (Å²) < 4.78 is 15.9. The lowest BCUT2D eigenvalue weighted by Crippen LogP contribution is -2.00. The molecule has 2 aromatic carbocycles. The molecule has 0 radical (unpaired) electrons. The average Bonchev–Trinajstić information content (AvgIpc) is 2.64. The Morgan fingerprint density at radius 3 is 2.72 bits per heavy atom. The Kier molecular flexibility index (Phi) is 6.94. The van der Waals surface area contributed by atoms with E-state index in [1.54, 1.807) is 18.2 Å². The molecule has 0 aliphatic rings. The van der Waals surface area contributed by atoms with Crippen molar-refractivity contribution in [3.8, 4) is 23.8 Å². The van der Waals surface area contributed by atoms with E-state index in [1.807, 2.05) is 30.3 Å². The number of hydrogen-bond acceptors (Lipinski definition) is 4. The van der Waals surface area contributed by atoms with Crippen LogP contribution in [-0.4, -0.2) is 19.7 Å². The van der Waals surface area contributed by atoms with Gasteiger partial charge in [-0.2, -0.15) is 0 Å². The summed E-state index contributed by atoms with van der Waals surface area (Å²) in [6.45, 7) is 0.296. The van der Waals surface area contributed by atoms with E-state index in [4.69, 9.17) is 32.2 Å². The van der Waals surface area contributed by atoms with Crippen molar-refractivity contribution in [2.75, 3.05) is 13.7 Å². The molecule has 0 spiro atoms. The Morgan fingerprint density at radius 1 is 1.28 bits per heavy atom. The third kappa shape index (κ3) is 5.59. The van der Waals surface area contributed by atoms with Crippen molar-refractivity contribution in [2.24, 2.45) is 0 Å². The van der Waals surface area contributed by atoms with Gasteiger partial charge in [-0.25, -0.2) is 4.79 Å². The SMILES string of the molecule is C#CCOC(=O)/C=C/c1cc(Cl)c(OCc2ccccc2)c(OC)c1. The molecule has 0 amide bonds. The molecule has 5 heteroatoms. The third-order valence-corrected chi connectivity index (χ3v) is 3.47. The van der Waals surface area contributed by atoms with Crippen LogP contribution in [0.1, 0.15) is 11.1 Å². The number of rotatable bonds is 7. The van der Waals surface area contributed by atoms with Crippen molar-refractivity contribution in [2.45, 2.75) is 6.61 Å². The van der Waals surface area contributed by atoms with E-state index < -0.39 is 5.97 Å². The number of methoxy groups -OCH3 is 1. The number of carbonyl (C=O) groups excluding carboxylic acids is 1. The largest absolute Gasteiger partial charge is 0.493 e. The van der Waals surface area contributed by atoms with Crippen molar-refractivity contribution in [1.29, 1.82) is 0 Å². The molecule has 0 saturated carbocycles. The molecule has 0 atom stereocenters. The lowest BCUT2D eigenvalue weighted by molar-refractivity contribution is -0.136. The molecule has 0 aliphatic heterocycles. The summed E-state index contributed by atoms with van der Waals surface area (Å²) in [6, 6.07) is 13.1. The fraction of sp³-hybridized carbons (Fsp3) is 0.150. The van der Waals surface area contributed by atoms with Gasteiger partial charge in [-0.3, -0.25) is 0 Å². The second-order valence-electron chi connectivity index (χ2n) is 4.95. The third-order valence-electron chi connectivity index (χ3n) is 3.19. The van der Waals surface area contributed by atoms with Gasteiger partial charge in [-0.05, 0) is 29.3 Å². The van der Waals surface area contributed by atoms with Crippen molar-refractivity contribution in [3.05, 3.63) is 64.7 Å². The van der Waals surface area contributed by atoms with Crippen LogP contribution < -0.4 is 9.47 Å². The van der Waals surface area contributed by atoms with E-state index in [0.717, 1.165) is 5.56 Å². The highest BCUT2D eigenvalue weighted by molar-refractivity contribution is 6.32. The zero-order valence-electron chi connectivity index (χ0n) is 13.7. The van der Waals surface area contributed by atoms with Crippen LogP contribution in [0, 0.1) is 12.3 Å². The highest BCUT2D eigenvalue weighted by atomic mass is 35.5. The molecule has 0 aliphatic carbocycles. The maximum absolute atomic E-state index is 11.4. The van der Waals surface area contributed by atoms with Crippen LogP contribution >= 0.6 is 11.6 Å². The molecule has 2 aromatic rings. The second-order valence-corrected chi connectivity index (χ2v) is 5.36. The summed E-state index contributed by atoms with van der Waals surface area (Å²) >= 11 is 6.30. The van der Waals surface area contributed by atoms with E-state index in [-0.39, 0.29) is 6.61 Å². The van der Waals surface area contributed by atoms with E-state index >= 15 is 0 Å². The number of benzene rings is 2. The average molecular weight is 357 g/mol. The van der Waals surface area contributed by atoms with Crippen molar-refractivity contribution in [3.63, 3.8) is 0 Å². The van der Waals surface area contributed by atoms with Gasteiger partial charge >= 0.3 is 5.97 Å². The van der Waals surface area contributed by atoms with Crippen molar-refractivity contribution < 1.29 is 19.0 Å². The van der Waals surface area contributed by atoms with Crippen LogP contribution in [0.5, 0.6) is 11.5 Å².